The first-order valence-electron chi connectivity index (χ1n) is 7.71. The number of piperazine rings is 1. The highest BCUT2D eigenvalue weighted by molar-refractivity contribution is 5.44. The number of anilines is 1. The fraction of sp³-hybridized carbons (Fsp3) is 0.733. The van der Waals surface area contributed by atoms with Crippen molar-refractivity contribution in [3.8, 4) is 5.88 Å². The van der Waals surface area contributed by atoms with Crippen molar-refractivity contribution in [3.63, 3.8) is 0 Å². The monoisotopic (exact) mass is 291 g/mol. The van der Waals surface area contributed by atoms with E-state index in [-0.39, 0.29) is 0 Å². The van der Waals surface area contributed by atoms with Crippen molar-refractivity contribution in [2.75, 3.05) is 58.7 Å². The Balaban J connectivity index is 1.52. The fourth-order valence-electron chi connectivity index (χ4n) is 2.92. The van der Waals surface area contributed by atoms with Crippen LogP contribution in [-0.2, 0) is 0 Å². The van der Waals surface area contributed by atoms with Crippen molar-refractivity contribution in [2.45, 2.75) is 12.8 Å². The highest BCUT2D eigenvalue weighted by atomic mass is 16.5. The maximum atomic E-state index is 5.24. The molecule has 0 spiro atoms. The molecule has 1 saturated heterocycles. The van der Waals surface area contributed by atoms with E-state index in [0.29, 0.717) is 11.3 Å². The molecule has 1 aromatic rings. The Kier molecular flexibility index (Phi) is 4.26. The molecular weight excluding hydrogens is 266 g/mol. The second kappa shape index (κ2) is 6.15. The van der Waals surface area contributed by atoms with Gasteiger partial charge in [-0.3, -0.25) is 0 Å². The summed E-state index contributed by atoms with van der Waals surface area (Å²) in [6.45, 7) is 6.88. The molecule has 116 valence electrons. The van der Waals surface area contributed by atoms with Gasteiger partial charge in [0.15, 0.2) is 5.82 Å². The molecule has 1 aromatic heterocycles. The number of nitrogens with one attached hydrogen (secondary N) is 1. The SMILES string of the molecule is COc1nccnc1NCC1(CN2CCN(C)CC2)CC1. The molecule has 2 fully saturated rings. The summed E-state index contributed by atoms with van der Waals surface area (Å²) >= 11 is 0. The normalized spacial score (nSPS) is 22.0. The minimum atomic E-state index is 0.415. The first-order valence-corrected chi connectivity index (χ1v) is 7.71. The third-order valence-corrected chi connectivity index (χ3v) is 4.60. The average Bonchev–Trinajstić information content (AvgIpc) is 3.28. The number of nitrogens with zero attached hydrogens (tertiary/aromatic N) is 4. The van der Waals surface area contributed by atoms with Gasteiger partial charge in [-0.2, -0.15) is 0 Å². The summed E-state index contributed by atoms with van der Waals surface area (Å²) < 4.78 is 5.24. The molecule has 0 atom stereocenters. The molecule has 2 aliphatic rings. The van der Waals surface area contributed by atoms with E-state index in [0.717, 1.165) is 12.4 Å². The van der Waals surface area contributed by atoms with Crippen LogP contribution in [0.1, 0.15) is 12.8 Å². The third kappa shape index (κ3) is 3.63. The Morgan fingerprint density at radius 2 is 1.90 bits per heavy atom. The van der Waals surface area contributed by atoms with Crippen LogP contribution in [0.15, 0.2) is 12.4 Å². The predicted molar refractivity (Wildman–Crippen MR) is 82.7 cm³/mol. The number of hydrogen-bond acceptors (Lipinski definition) is 6. The summed E-state index contributed by atoms with van der Waals surface area (Å²) in [6, 6.07) is 0. The van der Waals surface area contributed by atoms with Crippen LogP contribution in [0.2, 0.25) is 0 Å². The van der Waals surface area contributed by atoms with Crippen molar-refractivity contribution in [1.82, 2.24) is 19.8 Å². The lowest BCUT2D eigenvalue weighted by atomic mass is 10.1. The molecule has 1 N–H and O–H groups in total. The van der Waals surface area contributed by atoms with Gasteiger partial charge in [-0.1, -0.05) is 0 Å². The summed E-state index contributed by atoms with van der Waals surface area (Å²) in [5.74, 6) is 1.33. The minimum absolute atomic E-state index is 0.415. The van der Waals surface area contributed by atoms with E-state index in [9.17, 15) is 0 Å². The first-order chi connectivity index (χ1) is 10.2. The highest BCUT2D eigenvalue weighted by Crippen LogP contribution is 2.46. The molecule has 21 heavy (non-hydrogen) atoms. The Morgan fingerprint density at radius 1 is 1.19 bits per heavy atom. The molecule has 3 rings (SSSR count). The van der Waals surface area contributed by atoms with Gasteiger partial charge in [-0.25, -0.2) is 9.97 Å². The molecule has 0 bridgehead atoms. The second-order valence-corrected chi connectivity index (χ2v) is 6.35. The van der Waals surface area contributed by atoms with Gasteiger partial charge in [-0.05, 0) is 19.9 Å². The van der Waals surface area contributed by atoms with Gasteiger partial charge >= 0.3 is 0 Å². The summed E-state index contributed by atoms with van der Waals surface area (Å²) in [6.07, 6.45) is 5.95. The lowest BCUT2D eigenvalue weighted by molar-refractivity contribution is 0.133. The second-order valence-electron chi connectivity index (χ2n) is 6.35. The molecule has 0 radical (unpaired) electrons. The van der Waals surface area contributed by atoms with E-state index in [4.69, 9.17) is 4.74 Å². The van der Waals surface area contributed by atoms with Crippen LogP contribution in [0, 0.1) is 5.41 Å². The number of aromatic nitrogens is 2. The summed E-state index contributed by atoms with van der Waals surface area (Å²) in [5, 5.41) is 3.43. The lowest BCUT2D eigenvalue weighted by Gasteiger charge is -2.35. The Morgan fingerprint density at radius 3 is 2.57 bits per heavy atom. The Bertz CT molecular complexity index is 469. The molecule has 6 nitrogen and oxygen atoms in total. The molecule has 1 aliphatic heterocycles. The van der Waals surface area contributed by atoms with Gasteiger partial charge in [0, 0.05) is 57.1 Å². The molecule has 0 amide bonds. The predicted octanol–water partition coefficient (Wildman–Crippen LogP) is 0.925. The third-order valence-electron chi connectivity index (χ3n) is 4.60. The zero-order valence-electron chi connectivity index (χ0n) is 13.0. The van der Waals surface area contributed by atoms with Crippen molar-refractivity contribution in [1.29, 1.82) is 0 Å². The zero-order valence-corrected chi connectivity index (χ0v) is 13.0. The van der Waals surface area contributed by atoms with Gasteiger partial charge in [0.1, 0.15) is 0 Å². The minimum Gasteiger partial charge on any atom is -0.478 e. The van der Waals surface area contributed by atoms with Gasteiger partial charge in [0.05, 0.1) is 7.11 Å². The number of likely N-dealkylation sites (N-methyl/N-ethyl adjacent to an activating group) is 1. The lowest BCUT2D eigenvalue weighted by Crippen LogP contribution is -2.47. The van der Waals surface area contributed by atoms with Crippen molar-refractivity contribution in [3.05, 3.63) is 12.4 Å². The van der Waals surface area contributed by atoms with Gasteiger partial charge in [0.2, 0.25) is 0 Å². The molecular formula is C15H25N5O. The smallest absolute Gasteiger partial charge is 0.257 e. The molecule has 6 heteroatoms. The average molecular weight is 291 g/mol. The van der Waals surface area contributed by atoms with Crippen molar-refractivity contribution >= 4 is 5.82 Å². The van der Waals surface area contributed by atoms with E-state index in [1.54, 1.807) is 19.5 Å². The van der Waals surface area contributed by atoms with Crippen LogP contribution < -0.4 is 10.1 Å². The standard InChI is InChI=1S/C15H25N5O/c1-19-7-9-20(10-8-19)12-15(3-4-15)11-18-13-14(21-2)17-6-5-16-13/h5-6H,3-4,7-12H2,1-2H3,(H,16,18). The van der Waals surface area contributed by atoms with E-state index in [1.807, 2.05) is 0 Å². The van der Waals surface area contributed by atoms with E-state index >= 15 is 0 Å². The molecule has 0 aromatic carbocycles. The quantitative estimate of drug-likeness (QED) is 0.841. The van der Waals surface area contributed by atoms with Crippen LogP contribution in [0.25, 0.3) is 0 Å². The summed E-state index contributed by atoms with van der Waals surface area (Å²) in [5.41, 5.74) is 0.415. The Hall–Kier alpha value is -1.40. The number of ether oxygens (including phenoxy) is 1. The maximum absolute atomic E-state index is 5.24. The van der Waals surface area contributed by atoms with Crippen molar-refractivity contribution < 1.29 is 4.74 Å². The first kappa shape index (κ1) is 14.5. The maximum Gasteiger partial charge on any atom is 0.257 e. The van der Waals surface area contributed by atoms with Gasteiger partial charge < -0.3 is 19.9 Å². The van der Waals surface area contributed by atoms with Crippen LogP contribution in [0.3, 0.4) is 0 Å². The summed E-state index contributed by atoms with van der Waals surface area (Å²) in [4.78, 5) is 13.5. The Labute approximate surface area is 126 Å². The van der Waals surface area contributed by atoms with Crippen LogP contribution >= 0.6 is 0 Å². The molecule has 1 aliphatic carbocycles. The molecule has 1 saturated carbocycles. The van der Waals surface area contributed by atoms with E-state index < -0.39 is 0 Å². The van der Waals surface area contributed by atoms with E-state index in [2.05, 4.69) is 32.1 Å². The van der Waals surface area contributed by atoms with Crippen LogP contribution in [-0.4, -0.2) is 73.2 Å². The number of hydrogen-bond donors (Lipinski definition) is 1. The van der Waals surface area contributed by atoms with Gasteiger partial charge in [-0.15, -0.1) is 0 Å². The molecule has 2 heterocycles. The van der Waals surface area contributed by atoms with E-state index in [1.165, 1.54) is 45.6 Å². The summed E-state index contributed by atoms with van der Waals surface area (Å²) in [7, 11) is 3.83. The van der Waals surface area contributed by atoms with Crippen molar-refractivity contribution in [2.24, 2.45) is 5.41 Å². The van der Waals surface area contributed by atoms with Crippen LogP contribution in [0.5, 0.6) is 5.88 Å². The number of rotatable bonds is 6. The topological polar surface area (TPSA) is 53.5 Å². The highest BCUT2D eigenvalue weighted by Gasteiger charge is 2.44. The van der Waals surface area contributed by atoms with Gasteiger partial charge in [0.25, 0.3) is 5.88 Å². The fourth-order valence-corrected chi connectivity index (χ4v) is 2.92. The molecule has 0 unspecified atom stereocenters. The zero-order chi connectivity index (χ0) is 14.7. The van der Waals surface area contributed by atoms with Crippen LogP contribution in [0.4, 0.5) is 5.82 Å². The number of methoxy groups -OCH3 is 1. The largest absolute Gasteiger partial charge is 0.478 e.